The third-order valence-corrected chi connectivity index (χ3v) is 4.82. The molecule has 0 aromatic carbocycles. The molecule has 1 unspecified atom stereocenters. The van der Waals surface area contributed by atoms with E-state index in [0.29, 0.717) is 12.5 Å². The van der Waals surface area contributed by atoms with Crippen LogP contribution >= 0.6 is 0 Å². The number of amides is 1. The van der Waals surface area contributed by atoms with Gasteiger partial charge in [0.1, 0.15) is 5.82 Å². The van der Waals surface area contributed by atoms with Crippen LogP contribution in [-0.4, -0.2) is 47.5 Å². The summed E-state index contributed by atoms with van der Waals surface area (Å²) in [6, 6.07) is 8.15. The number of carbonyl (C=O) groups is 1. The fourth-order valence-corrected chi connectivity index (χ4v) is 3.45. The number of pyridine rings is 2. The number of likely N-dealkylation sites (N-methyl/N-ethyl adjacent to an activating group) is 1. The minimum Gasteiger partial charge on any atom is -0.358 e. The van der Waals surface area contributed by atoms with E-state index in [9.17, 15) is 4.79 Å². The zero-order valence-corrected chi connectivity index (χ0v) is 15.7. The Morgan fingerprint density at radius 2 is 2.19 bits per heavy atom. The van der Waals surface area contributed by atoms with E-state index in [1.807, 2.05) is 32.0 Å². The Balaban J connectivity index is 1.76. The Morgan fingerprint density at radius 1 is 1.35 bits per heavy atom. The van der Waals surface area contributed by atoms with Gasteiger partial charge in [-0.1, -0.05) is 6.07 Å². The average Bonchev–Trinajstić information content (AvgIpc) is 2.63. The van der Waals surface area contributed by atoms with Crippen molar-refractivity contribution < 1.29 is 4.79 Å². The van der Waals surface area contributed by atoms with Gasteiger partial charge in [0.15, 0.2) is 0 Å². The Bertz CT molecular complexity index is 777. The molecule has 1 aliphatic heterocycles. The first kappa shape index (κ1) is 18.3. The number of carbonyl (C=O) groups excluding carboxylic acids is 1. The number of hydrogen-bond acceptors (Lipinski definition) is 5. The van der Waals surface area contributed by atoms with Gasteiger partial charge in [0.2, 0.25) is 5.91 Å². The van der Waals surface area contributed by atoms with Gasteiger partial charge in [0, 0.05) is 42.8 Å². The molecule has 2 aromatic rings. The molecule has 3 heterocycles. The Labute approximate surface area is 155 Å². The van der Waals surface area contributed by atoms with Gasteiger partial charge in [0.05, 0.1) is 6.54 Å². The van der Waals surface area contributed by atoms with Crippen molar-refractivity contribution in [3.05, 3.63) is 47.4 Å². The normalized spacial score (nSPS) is 17.7. The van der Waals surface area contributed by atoms with Crippen molar-refractivity contribution in [2.24, 2.45) is 0 Å². The van der Waals surface area contributed by atoms with Crippen LogP contribution in [0.4, 0.5) is 11.5 Å². The largest absolute Gasteiger partial charge is 0.358 e. The Kier molecular flexibility index (Phi) is 5.83. The zero-order valence-electron chi connectivity index (χ0n) is 15.7. The first-order valence-corrected chi connectivity index (χ1v) is 9.15. The summed E-state index contributed by atoms with van der Waals surface area (Å²) in [5, 5.41) is 6.12. The second kappa shape index (κ2) is 8.27. The quantitative estimate of drug-likeness (QED) is 0.865. The van der Waals surface area contributed by atoms with Gasteiger partial charge in [-0.3, -0.25) is 14.7 Å². The molecular formula is C20H27N5O. The number of piperidine rings is 1. The Morgan fingerprint density at radius 3 is 2.96 bits per heavy atom. The summed E-state index contributed by atoms with van der Waals surface area (Å²) in [7, 11) is 1.68. The highest BCUT2D eigenvalue weighted by Gasteiger charge is 2.24. The number of nitrogens with zero attached hydrogens (tertiary/aromatic N) is 3. The molecule has 26 heavy (non-hydrogen) atoms. The maximum atomic E-state index is 11.7. The molecule has 1 fully saturated rings. The summed E-state index contributed by atoms with van der Waals surface area (Å²) >= 11 is 0. The van der Waals surface area contributed by atoms with Crippen LogP contribution in [0.25, 0.3) is 0 Å². The van der Waals surface area contributed by atoms with Gasteiger partial charge in [0.25, 0.3) is 0 Å². The van der Waals surface area contributed by atoms with Crippen LogP contribution in [0.1, 0.15) is 35.7 Å². The van der Waals surface area contributed by atoms with Crippen LogP contribution in [0.15, 0.2) is 30.5 Å². The van der Waals surface area contributed by atoms with Crippen molar-refractivity contribution in [2.45, 2.75) is 32.6 Å². The summed E-state index contributed by atoms with van der Waals surface area (Å²) in [6.07, 6.45) is 3.98. The highest BCUT2D eigenvalue weighted by atomic mass is 16.1. The highest BCUT2D eigenvalue weighted by Crippen LogP contribution is 2.28. The van der Waals surface area contributed by atoms with E-state index in [2.05, 4.69) is 26.6 Å². The van der Waals surface area contributed by atoms with Gasteiger partial charge in [-0.15, -0.1) is 0 Å². The van der Waals surface area contributed by atoms with E-state index < -0.39 is 0 Å². The summed E-state index contributed by atoms with van der Waals surface area (Å²) in [4.78, 5) is 23.1. The van der Waals surface area contributed by atoms with Gasteiger partial charge in [-0.05, 0) is 57.0 Å². The molecule has 1 saturated heterocycles. The first-order chi connectivity index (χ1) is 12.5. The van der Waals surface area contributed by atoms with Crippen molar-refractivity contribution in [1.82, 2.24) is 20.2 Å². The molecule has 2 N–H and O–H groups in total. The molecule has 0 spiro atoms. The molecule has 138 valence electrons. The molecule has 1 aliphatic rings. The van der Waals surface area contributed by atoms with Crippen LogP contribution in [0.3, 0.4) is 0 Å². The van der Waals surface area contributed by atoms with E-state index in [1.165, 1.54) is 0 Å². The van der Waals surface area contributed by atoms with E-state index >= 15 is 0 Å². The number of rotatable bonds is 5. The molecule has 0 aliphatic carbocycles. The maximum absolute atomic E-state index is 11.7. The fraction of sp³-hybridized carbons (Fsp3) is 0.450. The van der Waals surface area contributed by atoms with Crippen LogP contribution in [0.2, 0.25) is 0 Å². The lowest BCUT2D eigenvalue weighted by Crippen LogP contribution is -2.41. The minimum absolute atomic E-state index is 0.0656. The molecule has 1 amide bonds. The molecule has 6 nitrogen and oxygen atoms in total. The maximum Gasteiger partial charge on any atom is 0.233 e. The highest BCUT2D eigenvalue weighted by molar-refractivity contribution is 5.77. The van der Waals surface area contributed by atoms with Crippen LogP contribution in [-0.2, 0) is 4.79 Å². The summed E-state index contributed by atoms with van der Waals surface area (Å²) in [5.74, 6) is 1.28. The zero-order chi connectivity index (χ0) is 18.5. The van der Waals surface area contributed by atoms with Crippen molar-refractivity contribution in [2.75, 3.05) is 32.0 Å². The Hall–Kier alpha value is -2.47. The molecule has 0 radical (unpaired) electrons. The minimum atomic E-state index is 0.0656. The predicted octanol–water partition coefficient (Wildman–Crippen LogP) is 2.76. The van der Waals surface area contributed by atoms with E-state index in [4.69, 9.17) is 4.98 Å². The predicted molar refractivity (Wildman–Crippen MR) is 104 cm³/mol. The van der Waals surface area contributed by atoms with Crippen molar-refractivity contribution in [3.63, 3.8) is 0 Å². The van der Waals surface area contributed by atoms with E-state index in [-0.39, 0.29) is 5.91 Å². The molecule has 2 aromatic heterocycles. The number of aryl methyl sites for hydroxylation is 2. The summed E-state index contributed by atoms with van der Waals surface area (Å²) in [5.41, 5.74) is 4.19. The number of likely N-dealkylation sites (tertiary alicyclic amines) is 1. The molecule has 1 atom stereocenters. The van der Waals surface area contributed by atoms with Crippen LogP contribution < -0.4 is 10.6 Å². The van der Waals surface area contributed by atoms with Gasteiger partial charge in [-0.25, -0.2) is 4.98 Å². The van der Waals surface area contributed by atoms with E-state index in [1.54, 1.807) is 13.2 Å². The monoisotopic (exact) mass is 353 g/mol. The first-order valence-electron chi connectivity index (χ1n) is 9.15. The molecular weight excluding hydrogens is 326 g/mol. The molecule has 0 saturated carbocycles. The lowest BCUT2D eigenvalue weighted by Gasteiger charge is -2.32. The van der Waals surface area contributed by atoms with Gasteiger partial charge >= 0.3 is 0 Å². The van der Waals surface area contributed by atoms with Gasteiger partial charge < -0.3 is 10.6 Å². The number of hydrogen-bond donors (Lipinski definition) is 2. The van der Waals surface area contributed by atoms with Gasteiger partial charge in [-0.2, -0.15) is 0 Å². The standard InChI is InChI=1S/C20H27N5O/c1-14-6-4-8-22-20(14)24-17-10-15(2)23-18(11-17)16-7-5-9-25(12-16)13-19(26)21-3/h4,6,8,10-11,16H,5,7,9,12-13H2,1-3H3,(H,21,26)(H,22,23,24). The van der Waals surface area contributed by atoms with Crippen molar-refractivity contribution in [3.8, 4) is 0 Å². The third kappa shape index (κ3) is 4.58. The SMILES string of the molecule is CNC(=O)CN1CCCC(c2cc(Nc3ncccc3C)cc(C)n2)C1. The molecule has 0 bridgehead atoms. The summed E-state index contributed by atoms with van der Waals surface area (Å²) < 4.78 is 0. The van der Waals surface area contributed by atoms with Crippen molar-refractivity contribution >= 4 is 17.4 Å². The number of anilines is 2. The molecule has 6 heteroatoms. The fourth-order valence-electron chi connectivity index (χ4n) is 3.45. The lowest BCUT2D eigenvalue weighted by molar-refractivity contribution is -0.122. The number of nitrogens with one attached hydrogen (secondary N) is 2. The van der Waals surface area contributed by atoms with Crippen LogP contribution in [0, 0.1) is 13.8 Å². The topological polar surface area (TPSA) is 70.2 Å². The third-order valence-electron chi connectivity index (χ3n) is 4.82. The smallest absolute Gasteiger partial charge is 0.233 e. The molecule has 3 rings (SSSR count). The van der Waals surface area contributed by atoms with E-state index in [0.717, 1.165) is 54.4 Å². The average molecular weight is 353 g/mol. The lowest BCUT2D eigenvalue weighted by atomic mass is 9.93. The van der Waals surface area contributed by atoms with Crippen molar-refractivity contribution in [1.29, 1.82) is 0 Å². The second-order valence-electron chi connectivity index (χ2n) is 6.96. The second-order valence-corrected chi connectivity index (χ2v) is 6.96. The van der Waals surface area contributed by atoms with Crippen LogP contribution in [0.5, 0.6) is 0 Å². The number of aromatic nitrogens is 2. The summed E-state index contributed by atoms with van der Waals surface area (Å²) in [6.45, 7) is 6.35.